The van der Waals surface area contributed by atoms with Gasteiger partial charge in [-0.2, -0.15) is 0 Å². The molecule has 0 amide bonds. The minimum absolute atomic E-state index is 0.370. The molecule has 70 valence electrons. The van der Waals surface area contributed by atoms with E-state index in [4.69, 9.17) is 9.84 Å². The Morgan fingerprint density at radius 1 is 1.69 bits per heavy atom. The van der Waals surface area contributed by atoms with Crippen LogP contribution in [-0.2, 0) is 14.3 Å². The number of fused-ring (bicyclic) bond motifs is 2. The van der Waals surface area contributed by atoms with E-state index in [1.807, 2.05) is 6.92 Å². The monoisotopic (exact) mass is 182 g/mol. The number of carbonyl (C=O) groups excluding carboxylic acids is 1. The number of hydrogen-bond donors (Lipinski definition) is 1. The molecule has 0 aromatic heterocycles. The first-order valence-electron chi connectivity index (χ1n) is 4.20. The fraction of sp³-hybridized carbons (Fsp3) is 0.556. The van der Waals surface area contributed by atoms with Gasteiger partial charge in [0.1, 0.15) is 12.0 Å². The molecule has 1 saturated heterocycles. The number of carbonyl (C=O) groups is 2. The molecule has 0 spiro atoms. The van der Waals surface area contributed by atoms with Crippen molar-refractivity contribution in [3.8, 4) is 0 Å². The number of allylic oxidation sites excluding steroid dienone is 1. The van der Waals surface area contributed by atoms with Crippen LogP contribution in [0.25, 0.3) is 0 Å². The Bertz CT molecular complexity index is 305. The third kappa shape index (κ3) is 1.13. The summed E-state index contributed by atoms with van der Waals surface area (Å²) in [6, 6.07) is 0. The maximum Gasteiger partial charge on any atom is 0.311 e. The van der Waals surface area contributed by atoms with Gasteiger partial charge in [-0.05, 0) is 19.4 Å². The van der Waals surface area contributed by atoms with Gasteiger partial charge < -0.3 is 9.84 Å². The lowest BCUT2D eigenvalue weighted by atomic mass is 9.81. The number of esters is 1. The van der Waals surface area contributed by atoms with Crippen LogP contribution in [0.5, 0.6) is 0 Å². The molecule has 4 nitrogen and oxygen atoms in total. The summed E-state index contributed by atoms with van der Waals surface area (Å²) < 4.78 is 4.93. The molecule has 0 aromatic rings. The minimum atomic E-state index is -0.940. The highest BCUT2D eigenvalue weighted by atomic mass is 16.6. The number of aliphatic carboxylic acids is 1. The molecule has 3 unspecified atom stereocenters. The Kier molecular flexibility index (Phi) is 1.65. The van der Waals surface area contributed by atoms with Crippen molar-refractivity contribution in [1.82, 2.24) is 0 Å². The summed E-state index contributed by atoms with van der Waals surface area (Å²) in [6.45, 7) is 1.89. The fourth-order valence-electron chi connectivity index (χ4n) is 2.03. The van der Waals surface area contributed by atoms with Crippen LogP contribution in [0.1, 0.15) is 13.3 Å². The van der Waals surface area contributed by atoms with E-state index < -0.39 is 23.9 Å². The van der Waals surface area contributed by atoms with Crippen LogP contribution in [0.3, 0.4) is 0 Å². The average Bonchev–Trinajstić information content (AvgIpc) is 2.21. The second-order valence-corrected chi connectivity index (χ2v) is 3.59. The van der Waals surface area contributed by atoms with Gasteiger partial charge >= 0.3 is 11.9 Å². The maximum atomic E-state index is 11.2. The van der Waals surface area contributed by atoms with Crippen LogP contribution in [0, 0.1) is 11.8 Å². The van der Waals surface area contributed by atoms with Crippen molar-refractivity contribution < 1.29 is 19.4 Å². The molecule has 2 bridgehead atoms. The predicted octanol–water partition coefficient (Wildman–Crippen LogP) is 0.579. The van der Waals surface area contributed by atoms with Crippen molar-refractivity contribution >= 4 is 11.9 Å². The molecular formula is C9H10O4. The van der Waals surface area contributed by atoms with E-state index in [1.165, 1.54) is 0 Å². The van der Waals surface area contributed by atoms with Gasteiger partial charge in [0.15, 0.2) is 0 Å². The summed E-state index contributed by atoms with van der Waals surface area (Å²) >= 11 is 0. The average molecular weight is 182 g/mol. The third-order valence-electron chi connectivity index (χ3n) is 2.62. The van der Waals surface area contributed by atoms with Gasteiger partial charge in [-0.15, -0.1) is 0 Å². The van der Waals surface area contributed by atoms with Crippen molar-refractivity contribution in [1.29, 1.82) is 0 Å². The van der Waals surface area contributed by atoms with E-state index in [9.17, 15) is 9.59 Å². The number of carboxylic acid groups (broad SMARTS) is 1. The van der Waals surface area contributed by atoms with Crippen molar-refractivity contribution in [2.75, 3.05) is 0 Å². The minimum Gasteiger partial charge on any atom is -0.481 e. The van der Waals surface area contributed by atoms with E-state index >= 15 is 0 Å². The molecule has 1 fully saturated rings. The molecule has 2 aliphatic rings. The Balaban J connectivity index is 2.34. The molecule has 1 aliphatic heterocycles. The molecule has 0 radical (unpaired) electrons. The standard InChI is InChI=1S/C9H10O4/c1-4-2-5-7(8(10)11)6(3-4)13-9(5)12/h3,5-7H,2H2,1H3,(H,10,11). The first-order valence-corrected chi connectivity index (χ1v) is 4.20. The molecule has 1 aliphatic carbocycles. The Labute approximate surface area is 75.2 Å². The molecule has 0 aromatic carbocycles. The van der Waals surface area contributed by atoms with Crippen molar-refractivity contribution in [2.24, 2.45) is 11.8 Å². The summed E-state index contributed by atoms with van der Waals surface area (Å²) in [6.07, 6.45) is 1.72. The highest BCUT2D eigenvalue weighted by molar-refractivity contribution is 5.86. The zero-order valence-corrected chi connectivity index (χ0v) is 7.19. The van der Waals surface area contributed by atoms with Crippen molar-refractivity contribution in [3.05, 3.63) is 11.6 Å². The van der Waals surface area contributed by atoms with Gasteiger partial charge in [-0.25, -0.2) is 0 Å². The fourth-order valence-corrected chi connectivity index (χ4v) is 2.03. The number of hydrogen-bond acceptors (Lipinski definition) is 3. The number of ether oxygens (including phenoxy) is 1. The van der Waals surface area contributed by atoms with Crippen LogP contribution < -0.4 is 0 Å². The van der Waals surface area contributed by atoms with Gasteiger partial charge in [-0.3, -0.25) is 9.59 Å². The zero-order chi connectivity index (χ0) is 9.59. The topological polar surface area (TPSA) is 63.6 Å². The predicted molar refractivity (Wildman–Crippen MR) is 42.9 cm³/mol. The maximum absolute atomic E-state index is 11.2. The van der Waals surface area contributed by atoms with E-state index in [0.29, 0.717) is 6.42 Å². The summed E-state index contributed by atoms with van der Waals surface area (Å²) in [7, 11) is 0. The second kappa shape index (κ2) is 2.58. The number of carboxylic acids is 1. The quantitative estimate of drug-likeness (QED) is 0.476. The molecule has 3 atom stereocenters. The molecular weight excluding hydrogens is 172 g/mol. The van der Waals surface area contributed by atoms with Gasteiger partial charge in [0.05, 0.1) is 5.92 Å². The highest BCUT2D eigenvalue weighted by Crippen LogP contribution is 2.38. The summed E-state index contributed by atoms with van der Waals surface area (Å²) in [5.74, 6) is -2.45. The van der Waals surface area contributed by atoms with Crippen LogP contribution in [-0.4, -0.2) is 23.1 Å². The molecule has 4 heteroatoms. The van der Waals surface area contributed by atoms with Crippen LogP contribution >= 0.6 is 0 Å². The lowest BCUT2D eigenvalue weighted by Crippen LogP contribution is -2.31. The first-order chi connectivity index (χ1) is 6.09. The summed E-state index contributed by atoms with van der Waals surface area (Å²) in [5, 5.41) is 8.86. The largest absolute Gasteiger partial charge is 0.481 e. The van der Waals surface area contributed by atoms with Gasteiger partial charge in [0.2, 0.25) is 0 Å². The van der Waals surface area contributed by atoms with Crippen molar-refractivity contribution in [2.45, 2.75) is 19.4 Å². The summed E-state index contributed by atoms with van der Waals surface area (Å²) in [4.78, 5) is 22.0. The number of rotatable bonds is 1. The Hall–Kier alpha value is -1.32. The van der Waals surface area contributed by atoms with E-state index in [-0.39, 0.29) is 5.97 Å². The van der Waals surface area contributed by atoms with Crippen LogP contribution in [0.15, 0.2) is 11.6 Å². The van der Waals surface area contributed by atoms with Crippen LogP contribution in [0.4, 0.5) is 0 Å². The molecule has 1 heterocycles. The van der Waals surface area contributed by atoms with E-state index in [2.05, 4.69) is 0 Å². The van der Waals surface area contributed by atoms with Gasteiger partial charge in [-0.1, -0.05) is 5.57 Å². The molecule has 1 N–H and O–H groups in total. The third-order valence-corrected chi connectivity index (χ3v) is 2.62. The molecule has 2 rings (SSSR count). The van der Waals surface area contributed by atoms with E-state index in [1.54, 1.807) is 6.08 Å². The zero-order valence-electron chi connectivity index (χ0n) is 7.19. The lowest BCUT2D eigenvalue weighted by Gasteiger charge is -2.19. The Morgan fingerprint density at radius 2 is 2.38 bits per heavy atom. The van der Waals surface area contributed by atoms with Crippen molar-refractivity contribution in [3.63, 3.8) is 0 Å². The first kappa shape index (κ1) is 8.29. The molecule has 13 heavy (non-hydrogen) atoms. The lowest BCUT2D eigenvalue weighted by molar-refractivity contribution is -0.144. The van der Waals surface area contributed by atoms with Gasteiger partial charge in [0, 0.05) is 0 Å². The molecule has 0 saturated carbocycles. The smallest absolute Gasteiger partial charge is 0.311 e. The van der Waals surface area contributed by atoms with Gasteiger partial charge in [0.25, 0.3) is 0 Å². The Morgan fingerprint density at radius 3 is 2.92 bits per heavy atom. The SMILES string of the molecule is CC1=CC2OC(=O)C(C1)C2C(=O)O. The normalized spacial score (nSPS) is 36.8. The van der Waals surface area contributed by atoms with E-state index in [0.717, 1.165) is 5.57 Å². The summed E-state index contributed by atoms with van der Waals surface area (Å²) in [5.41, 5.74) is 1.04. The highest BCUT2D eigenvalue weighted by Gasteiger charge is 2.50. The van der Waals surface area contributed by atoms with Crippen LogP contribution in [0.2, 0.25) is 0 Å². The second-order valence-electron chi connectivity index (χ2n) is 3.59.